The van der Waals surface area contributed by atoms with Gasteiger partial charge in [-0.1, -0.05) is 13.0 Å². The van der Waals surface area contributed by atoms with Crippen molar-refractivity contribution in [3.63, 3.8) is 0 Å². The van der Waals surface area contributed by atoms with Gasteiger partial charge in [-0.15, -0.1) is 0 Å². The van der Waals surface area contributed by atoms with Crippen LogP contribution in [0.1, 0.15) is 36.2 Å². The zero-order chi connectivity index (χ0) is 19.6. The van der Waals surface area contributed by atoms with Crippen LogP contribution in [0.15, 0.2) is 36.4 Å². The van der Waals surface area contributed by atoms with Crippen LogP contribution in [0, 0.1) is 11.6 Å². The van der Waals surface area contributed by atoms with Crippen molar-refractivity contribution in [2.75, 3.05) is 11.9 Å². The Hall–Kier alpha value is -2.96. The molecule has 0 saturated carbocycles. The Kier molecular flexibility index (Phi) is 5.39. The van der Waals surface area contributed by atoms with E-state index in [-0.39, 0.29) is 18.6 Å². The topological polar surface area (TPSA) is 58.6 Å². The van der Waals surface area contributed by atoms with E-state index in [1.807, 2.05) is 13.8 Å². The van der Waals surface area contributed by atoms with E-state index < -0.39 is 23.1 Å². The highest BCUT2D eigenvalue weighted by Gasteiger charge is 2.25. The van der Waals surface area contributed by atoms with Crippen molar-refractivity contribution in [2.24, 2.45) is 0 Å². The standard InChI is InChI=1S/C20H20F2N2O3/c1-3-12(2)24-10-13-9-14(7-8-17(13)27-11-18(24)25)23-20(26)19-15(21)5-4-6-16(19)22/h4-9,12H,3,10-11H2,1-2H3,(H,23,26). The van der Waals surface area contributed by atoms with Crippen LogP contribution in [0.25, 0.3) is 0 Å². The van der Waals surface area contributed by atoms with Gasteiger partial charge in [0.15, 0.2) is 6.61 Å². The lowest BCUT2D eigenvalue weighted by Crippen LogP contribution is -2.39. The maximum absolute atomic E-state index is 13.8. The zero-order valence-electron chi connectivity index (χ0n) is 15.1. The lowest BCUT2D eigenvalue weighted by atomic mass is 10.1. The Bertz CT molecular complexity index is 865. The molecule has 3 rings (SSSR count). The molecule has 1 aliphatic heterocycles. The maximum Gasteiger partial charge on any atom is 0.261 e. The molecule has 0 spiro atoms. The number of hydrogen-bond donors (Lipinski definition) is 1. The number of halogens is 2. The molecule has 0 aromatic heterocycles. The smallest absolute Gasteiger partial charge is 0.261 e. The largest absolute Gasteiger partial charge is 0.483 e. The molecule has 0 aliphatic carbocycles. The van der Waals surface area contributed by atoms with Crippen molar-refractivity contribution in [1.29, 1.82) is 0 Å². The number of anilines is 1. The molecule has 142 valence electrons. The fourth-order valence-electron chi connectivity index (χ4n) is 2.95. The van der Waals surface area contributed by atoms with Gasteiger partial charge in [-0.3, -0.25) is 9.59 Å². The van der Waals surface area contributed by atoms with Gasteiger partial charge in [0.25, 0.3) is 11.8 Å². The van der Waals surface area contributed by atoms with Crippen molar-refractivity contribution in [2.45, 2.75) is 32.9 Å². The van der Waals surface area contributed by atoms with Crippen molar-refractivity contribution >= 4 is 17.5 Å². The first-order valence-corrected chi connectivity index (χ1v) is 8.71. The van der Waals surface area contributed by atoms with Gasteiger partial charge < -0.3 is 15.0 Å². The molecule has 27 heavy (non-hydrogen) atoms. The highest BCUT2D eigenvalue weighted by molar-refractivity contribution is 6.04. The van der Waals surface area contributed by atoms with Crippen LogP contribution in [0.5, 0.6) is 5.75 Å². The average molecular weight is 374 g/mol. The van der Waals surface area contributed by atoms with Gasteiger partial charge in [0.1, 0.15) is 22.9 Å². The molecule has 2 aromatic rings. The first-order valence-electron chi connectivity index (χ1n) is 8.71. The first-order chi connectivity index (χ1) is 12.9. The predicted molar refractivity (Wildman–Crippen MR) is 96.6 cm³/mol. The van der Waals surface area contributed by atoms with Gasteiger partial charge >= 0.3 is 0 Å². The second-order valence-electron chi connectivity index (χ2n) is 6.44. The molecule has 1 N–H and O–H groups in total. The maximum atomic E-state index is 13.8. The van der Waals surface area contributed by atoms with Crippen LogP contribution in [0.3, 0.4) is 0 Å². The molecular weight excluding hydrogens is 354 g/mol. The highest BCUT2D eigenvalue weighted by Crippen LogP contribution is 2.28. The normalized spacial score (nSPS) is 14.8. The van der Waals surface area contributed by atoms with Crippen LogP contribution in [0.4, 0.5) is 14.5 Å². The van der Waals surface area contributed by atoms with Crippen molar-refractivity contribution in [1.82, 2.24) is 4.90 Å². The Balaban J connectivity index is 1.86. The van der Waals surface area contributed by atoms with Gasteiger partial charge in [0, 0.05) is 23.8 Å². The molecule has 1 aliphatic rings. The summed E-state index contributed by atoms with van der Waals surface area (Å²) in [5.41, 5.74) is 0.441. The molecule has 2 aromatic carbocycles. The summed E-state index contributed by atoms with van der Waals surface area (Å²) in [6.07, 6.45) is 0.796. The minimum Gasteiger partial charge on any atom is -0.483 e. The molecule has 1 heterocycles. The Labute approximate surface area is 155 Å². The number of rotatable bonds is 4. The minimum atomic E-state index is -0.931. The van der Waals surface area contributed by atoms with E-state index in [9.17, 15) is 18.4 Å². The van der Waals surface area contributed by atoms with Crippen LogP contribution in [-0.2, 0) is 11.3 Å². The fourth-order valence-corrected chi connectivity index (χ4v) is 2.95. The number of amides is 2. The molecule has 5 nitrogen and oxygen atoms in total. The summed E-state index contributed by atoms with van der Waals surface area (Å²) >= 11 is 0. The van der Waals surface area contributed by atoms with E-state index in [1.165, 1.54) is 6.07 Å². The van der Waals surface area contributed by atoms with Crippen molar-refractivity contribution < 1.29 is 23.1 Å². The van der Waals surface area contributed by atoms with Gasteiger partial charge in [-0.2, -0.15) is 0 Å². The SMILES string of the molecule is CCC(C)N1Cc2cc(NC(=O)c3c(F)cccc3F)ccc2OCC1=O. The molecule has 0 radical (unpaired) electrons. The van der Waals surface area contributed by atoms with Gasteiger partial charge in [0.2, 0.25) is 0 Å². The minimum absolute atomic E-state index is 0.0396. The molecule has 0 fully saturated rings. The summed E-state index contributed by atoms with van der Waals surface area (Å²) in [7, 11) is 0. The third-order valence-corrected chi connectivity index (χ3v) is 4.64. The van der Waals surface area contributed by atoms with Crippen LogP contribution < -0.4 is 10.1 Å². The molecule has 0 saturated heterocycles. The van der Waals surface area contributed by atoms with E-state index in [2.05, 4.69) is 5.32 Å². The molecule has 0 bridgehead atoms. The number of carbonyl (C=O) groups is 2. The number of carbonyl (C=O) groups excluding carboxylic acids is 2. The van der Waals surface area contributed by atoms with Gasteiger partial charge in [0.05, 0.1) is 0 Å². The second kappa shape index (κ2) is 7.73. The number of fused-ring (bicyclic) bond motifs is 1. The highest BCUT2D eigenvalue weighted by atomic mass is 19.1. The number of ether oxygens (including phenoxy) is 1. The van der Waals surface area contributed by atoms with Crippen LogP contribution in [0.2, 0.25) is 0 Å². The summed E-state index contributed by atoms with van der Waals surface area (Å²) < 4.78 is 33.1. The van der Waals surface area contributed by atoms with Crippen molar-refractivity contribution in [3.8, 4) is 5.75 Å². The Morgan fingerprint density at radius 3 is 2.63 bits per heavy atom. The predicted octanol–water partition coefficient (Wildman–Crippen LogP) is 3.74. The van der Waals surface area contributed by atoms with Crippen LogP contribution in [-0.4, -0.2) is 29.4 Å². The molecule has 2 amide bonds. The number of hydrogen-bond acceptors (Lipinski definition) is 3. The summed E-state index contributed by atoms with van der Waals surface area (Å²) in [5.74, 6) is -2.31. The van der Waals surface area contributed by atoms with E-state index in [4.69, 9.17) is 4.74 Å². The number of benzene rings is 2. The third-order valence-electron chi connectivity index (χ3n) is 4.64. The van der Waals surface area contributed by atoms with Crippen molar-refractivity contribution in [3.05, 3.63) is 59.2 Å². The molecule has 7 heteroatoms. The number of nitrogens with one attached hydrogen (secondary N) is 1. The monoisotopic (exact) mass is 374 g/mol. The lowest BCUT2D eigenvalue weighted by molar-refractivity contribution is -0.135. The van der Waals surface area contributed by atoms with E-state index >= 15 is 0 Å². The third kappa shape index (κ3) is 3.92. The summed E-state index contributed by atoms with van der Waals surface area (Å²) in [6.45, 7) is 4.23. The first kappa shape index (κ1) is 18.8. The van der Waals surface area contributed by atoms with Crippen LogP contribution >= 0.6 is 0 Å². The quantitative estimate of drug-likeness (QED) is 0.887. The number of nitrogens with zero attached hydrogens (tertiary/aromatic N) is 1. The molecule has 1 atom stereocenters. The van der Waals surface area contributed by atoms with E-state index in [0.29, 0.717) is 23.5 Å². The molecule has 1 unspecified atom stereocenters. The zero-order valence-corrected chi connectivity index (χ0v) is 15.1. The fraction of sp³-hybridized carbons (Fsp3) is 0.300. The van der Waals surface area contributed by atoms with E-state index in [1.54, 1.807) is 23.1 Å². The summed E-state index contributed by atoms with van der Waals surface area (Å²) in [5, 5.41) is 2.50. The average Bonchev–Trinajstić information content (AvgIpc) is 2.80. The van der Waals surface area contributed by atoms with Gasteiger partial charge in [-0.25, -0.2) is 8.78 Å². The lowest BCUT2D eigenvalue weighted by Gasteiger charge is -2.26. The second-order valence-corrected chi connectivity index (χ2v) is 6.44. The Morgan fingerprint density at radius 1 is 1.26 bits per heavy atom. The Morgan fingerprint density at radius 2 is 1.96 bits per heavy atom. The molecular formula is C20H20F2N2O3. The van der Waals surface area contributed by atoms with E-state index in [0.717, 1.165) is 18.6 Å². The summed E-state index contributed by atoms with van der Waals surface area (Å²) in [4.78, 5) is 26.2. The van der Waals surface area contributed by atoms with Gasteiger partial charge in [-0.05, 0) is 43.7 Å². The summed E-state index contributed by atoms with van der Waals surface area (Å²) in [6, 6.07) is 8.14.